The van der Waals surface area contributed by atoms with Crippen LogP contribution < -0.4 is 14.4 Å². The van der Waals surface area contributed by atoms with Gasteiger partial charge < -0.3 is 14.4 Å². The van der Waals surface area contributed by atoms with Crippen LogP contribution in [0.5, 0.6) is 11.5 Å². The van der Waals surface area contributed by atoms with E-state index in [9.17, 15) is 0 Å². The average Bonchev–Trinajstić information content (AvgIpc) is 3.44. The lowest BCUT2D eigenvalue weighted by atomic mass is 10.1. The highest BCUT2D eigenvalue weighted by molar-refractivity contribution is 5.84. The van der Waals surface area contributed by atoms with Crippen molar-refractivity contribution in [3.8, 4) is 11.5 Å². The molecule has 2 aliphatic rings. The van der Waals surface area contributed by atoms with Gasteiger partial charge in [0.1, 0.15) is 5.82 Å². The van der Waals surface area contributed by atoms with Crippen molar-refractivity contribution in [1.29, 1.82) is 0 Å². The molecule has 0 N–H and O–H groups in total. The van der Waals surface area contributed by atoms with E-state index in [0.29, 0.717) is 6.04 Å². The molecular formula is C19H25N3O2. The van der Waals surface area contributed by atoms with Crippen molar-refractivity contribution in [3.63, 3.8) is 0 Å². The van der Waals surface area contributed by atoms with Crippen LogP contribution >= 0.6 is 0 Å². The number of benzene rings is 1. The molecular weight excluding hydrogens is 302 g/mol. The van der Waals surface area contributed by atoms with Crippen molar-refractivity contribution in [2.75, 3.05) is 38.8 Å². The van der Waals surface area contributed by atoms with Gasteiger partial charge >= 0.3 is 0 Å². The summed E-state index contributed by atoms with van der Waals surface area (Å²) in [5.41, 5.74) is 0.947. The molecule has 1 atom stereocenters. The monoisotopic (exact) mass is 327 g/mol. The van der Waals surface area contributed by atoms with E-state index in [2.05, 4.69) is 28.9 Å². The summed E-state index contributed by atoms with van der Waals surface area (Å²) >= 11 is 0. The van der Waals surface area contributed by atoms with Crippen molar-refractivity contribution in [1.82, 2.24) is 9.88 Å². The van der Waals surface area contributed by atoms with Gasteiger partial charge in [0.25, 0.3) is 0 Å². The Morgan fingerprint density at radius 3 is 2.46 bits per heavy atom. The molecule has 2 fully saturated rings. The zero-order valence-electron chi connectivity index (χ0n) is 14.7. The minimum Gasteiger partial charge on any atom is -0.493 e. The maximum Gasteiger partial charge on any atom is 0.162 e. The second-order valence-electron chi connectivity index (χ2n) is 6.83. The van der Waals surface area contributed by atoms with E-state index in [1.54, 1.807) is 14.2 Å². The second-order valence-corrected chi connectivity index (χ2v) is 6.83. The van der Waals surface area contributed by atoms with E-state index in [1.807, 2.05) is 12.1 Å². The zero-order chi connectivity index (χ0) is 16.7. The largest absolute Gasteiger partial charge is 0.493 e. The average molecular weight is 327 g/mol. The van der Waals surface area contributed by atoms with Crippen LogP contribution in [0.1, 0.15) is 19.8 Å². The molecule has 24 heavy (non-hydrogen) atoms. The van der Waals surface area contributed by atoms with Crippen LogP contribution in [-0.4, -0.2) is 55.8 Å². The zero-order valence-corrected chi connectivity index (χ0v) is 14.7. The summed E-state index contributed by atoms with van der Waals surface area (Å²) in [6, 6.07) is 9.61. The molecule has 0 spiro atoms. The van der Waals surface area contributed by atoms with Crippen LogP contribution in [0.2, 0.25) is 0 Å². The topological polar surface area (TPSA) is 37.8 Å². The number of anilines is 1. The maximum absolute atomic E-state index is 5.41. The van der Waals surface area contributed by atoms with E-state index >= 15 is 0 Å². The Balaban J connectivity index is 1.60. The van der Waals surface area contributed by atoms with Crippen molar-refractivity contribution in [2.24, 2.45) is 0 Å². The Labute approximate surface area is 143 Å². The van der Waals surface area contributed by atoms with Crippen LogP contribution in [0.3, 0.4) is 0 Å². The second kappa shape index (κ2) is 6.13. The summed E-state index contributed by atoms with van der Waals surface area (Å²) in [6.45, 7) is 5.56. The molecule has 1 unspecified atom stereocenters. The van der Waals surface area contributed by atoms with Crippen molar-refractivity contribution < 1.29 is 9.47 Å². The molecule has 128 valence electrons. The minimum absolute atomic E-state index is 0.592. The van der Waals surface area contributed by atoms with Gasteiger partial charge in [-0.2, -0.15) is 0 Å². The number of rotatable bonds is 4. The van der Waals surface area contributed by atoms with Gasteiger partial charge in [-0.1, -0.05) is 0 Å². The van der Waals surface area contributed by atoms with Gasteiger partial charge in [-0.3, -0.25) is 4.90 Å². The molecule has 1 aliphatic heterocycles. The molecule has 1 saturated heterocycles. The van der Waals surface area contributed by atoms with E-state index in [1.165, 1.54) is 12.8 Å². The molecule has 0 radical (unpaired) electrons. The first kappa shape index (κ1) is 15.5. The van der Waals surface area contributed by atoms with Gasteiger partial charge in [-0.25, -0.2) is 4.98 Å². The Morgan fingerprint density at radius 1 is 1.04 bits per heavy atom. The molecule has 1 aromatic heterocycles. The van der Waals surface area contributed by atoms with E-state index in [4.69, 9.17) is 14.5 Å². The molecule has 2 aromatic rings. The van der Waals surface area contributed by atoms with Crippen LogP contribution in [0, 0.1) is 0 Å². The summed E-state index contributed by atoms with van der Waals surface area (Å²) in [7, 11) is 3.32. The highest BCUT2D eigenvalue weighted by atomic mass is 16.5. The van der Waals surface area contributed by atoms with Gasteiger partial charge in [0.15, 0.2) is 11.5 Å². The number of aromatic nitrogens is 1. The number of ether oxygens (including phenoxy) is 2. The first-order valence-electron chi connectivity index (χ1n) is 8.73. The molecule has 4 rings (SSSR count). The van der Waals surface area contributed by atoms with Crippen molar-refractivity contribution in [2.45, 2.75) is 31.8 Å². The molecule has 5 nitrogen and oxygen atoms in total. The highest BCUT2D eigenvalue weighted by Crippen LogP contribution is 2.34. The number of pyridine rings is 1. The Morgan fingerprint density at radius 2 is 1.79 bits per heavy atom. The number of hydrogen-bond acceptors (Lipinski definition) is 5. The normalized spacial score (nSPS) is 22.0. The third kappa shape index (κ3) is 2.77. The lowest BCUT2D eigenvalue weighted by Gasteiger charge is -2.40. The number of piperazine rings is 1. The van der Waals surface area contributed by atoms with E-state index in [0.717, 1.165) is 53.9 Å². The molecule has 2 heterocycles. The summed E-state index contributed by atoms with van der Waals surface area (Å²) < 4.78 is 10.8. The quantitative estimate of drug-likeness (QED) is 0.863. The lowest BCUT2D eigenvalue weighted by Crippen LogP contribution is -2.52. The lowest BCUT2D eigenvalue weighted by molar-refractivity contribution is 0.179. The van der Waals surface area contributed by atoms with Gasteiger partial charge in [-0.05, 0) is 38.0 Å². The smallest absolute Gasteiger partial charge is 0.162 e. The number of fused-ring (bicyclic) bond motifs is 1. The van der Waals surface area contributed by atoms with Gasteiger partial charge in [0.2, 0.25) is 0 Å². The predicted octanol–water partition coefficient (Wildman–Crippen LogP) is 2.92. The van der Waals surface area contributed by atoms with E-state index < -0.39 is 0 Å². The van der Waals surface area contributed by atoms with Gasteiger partial charge in [0, 0.05) is 43.2 Å². The number of nitrogens with zero attached hydrogens (tertiary/aromatic N) is 3. The molecule has 5 heteroatoms. The third-order valence-corrected chi connectivity index (χ3v) is 5.20. The first-order valence-corrected chi connectivity index (χ1v) is 8.73. The Hall–Kier alpha value is -2.01. The Kier molecular flexibility index (Phi) is 3.96. The fraction of sp³-hybridized carbons (Fsp3) is 0.526. The molecule has 1 saturated carbocycles. The van der Waals surface area contributed by atoms with Crippen LogP contribution in [0.4, 0.5) is 5.82 Å². The maximum atomic E-state index is 5.41. The minimum atomic E-state index is 0.592. The molecule has 0 bridgehead atoms. The number of hydrogen-bond donors (Lipinski definition) is 0. The van der Waals surface area contributed by atoms with Crippen LogP contribution in [0.25, 0.3) is 10.9 Å². The first-order chi connectivity index (χ1) is 11.7. The fourth-order valence-electron chi connectivity index (χ4n) is 3.74. The van der Waals surface area contributed by atoms with Crippen LogP contribution in [0.15, 0.2) is 24.3 Å². The summed E-state index contributed by atoms with van der Waals surface area (Å²) in [4.78, 5) is 9.94. The SMILES string of the molecule is COc1cc2ccc(N3CCN(C4CC4)C(C)C3)nc2cc1OC. The predicted molar refractivity (Wildman–Crippen MR) is 96.3 cm³/mol. The molecule has 1 aliphatic carbocycles. The standard InChI is InChI=1S/C19H25N3O2/c1-13-12-21(8-9-22(13)15-5-6-15)19-7-4-14-10-17(23-2)18(24-3)11-16(14)20-19/h4,7,10-11,13,15H,5-6,8-9,12H2,1-3H3. The molecule has 0 amide bonds. The van der Waals surface area contributed by atoms with Gasteiger partial charge in [-0.15, -0.1) is 0 Å². The van der Waals surface area contributed by atoms with Gasteiger partial charge in [0.05, 0.1) is 19.7 Å². The fourth-order valence-corrected chi connectivity index (χ4v) is 3.74. The third-order valence-electron chi connectivity index (χ3n) is 5.20. The van der Waals surface area contributed by atoms with Crippen molar-refractivity contribution >= 4 is 16.7 Å². The Bertz CT molecular complexity index is 745. The highest BCUT2D eigenvalue weighted by Gasteiger charge is 2.35. The number of methoxy groups -OCH3 is 2. The molecule has 1 aromatic carbocycles. The van der Waals surface area contributed by atoms with E-state index in [-0.39, 0.29) is 0 Å². The van der Waals surface area contributed by atoms with Crippen molar-refractivity contribution in [3.05, 3.63) is 24.3 Å². The summed E-state index contributed by atoms with van der Waals surface area (Å²) in [6.07, 6.45) is 2.75. The van der Waals surface area contributed by atoms with Crippen LogP contribution in [-0.2, 0) is 0 Å². The summed E-state index contributed by atoms with van der Waals surface area (Å²) in [5, 5.41) is 1.07. The summed E-state index contributed by atoms with van der Waals surface area (Å²) in [5.74, 6) is 2.52.